The van der Waals surface area contributed by atoms with Gasteiger partial charge in [-0.1, -0.05) is 516 Å². The van der Waals surface area contributed by atoms with Crippen molar-refractivity contribution in [1.82, 2.24) is 0 Å². The molecule has 147 heavy (non-hydrogen) atoms. The van der Waals surface area contributed by atoms with Gasteiger partial charge in [0.05, 0.1) is 0 Å². The van der Waals surface area contributed by atoms with E-state index in [0.29, 0.717) is 0 Å². The molecule has 0 aliphatic rings. The van der Waals surface area contributed by atoms with Crippen LogP contribution in [-0.2, 0) is 0 Å². The number of fused-ring (bicyclic) bond motifs is 18. The third-order valence-electron chi connectivity index (χ3n) is 30.2. The van der Waals surface area contributed by atoms with Crippen LogP contribution in [0.25, 0.3) is 296 Å². The van der Waals surface area contributed by atoms with E-state index >= 15 is 0 Å². The maximum absolute atomic E-state index is 6.55. The second-order valence-electron chi connectivity index (χ2n) is 38.4. The van der Waals surface area contributed by atoms with Crippen LogP contribution >= 0.6 is 0 Å². The summed E-state index contributed by atoms with van der Waals surface area (Å²) in [7, 11) is 0. The highest BCUT2D eigenvalue weighted by Crippen LogP contribution is 2.53. The van der Waals surface area contributed by atoms with Crippen LogP contribution in [0.2, 0.25) is 0 Å². The average Bonchev–Trinajstić information content (AvgIpc) is 1.53. The smallest absolute Gasteiger partial charge is 0.143 e. The van der Waals surface area contributed by atoms with Crippen LogP contribution < -0.4 is 0 Å². The van der Waals surface area contributed by atoms with Crippen LogP contribution in [0, 0.1) is 0 Å². The van der Waals surface area contributed by atoms with E-state index in [1.165, 1.54) is 197 Å². The minimum Gasteiger partial charge on any atom is -0.455 e. The van der Waals surface area contributed by atoms with E-state index in [0.717, 1.165) is 99.2 Å². The van der Waals surface area contributed by atoms with Crippen LogP contribution in [-0.4, -0.2) is 0 Å². The van der Waals surface area contributed by atoms with Gasteiger partial charge in [-0.05, 0) is 244 Å². The fraction of sp³-hybridized carbons (Fsp3) is 0. The molecule has 0 aliphatic heterocycles. The van der Waals surface area contributed by atoms with Crippen molar-refractivity contribution in [3.63, 3.8) is 0 Å². The molecule has 3 heteroatoms. The van der Waals surface area contributed by atoms with Crippen molar-refractivity contribution in [2.24, 2.45) is 0 Å². The van der Waals surface area contributed by atoms with Gasteiger partial charge in [0.2, 0.25) is 0 Å². The molecule has 30 rings (SSSR count). The Balaban J connectivity index is 0.000000107. The molecule has 0 bridgehead atoms. The topological polar surface area (TPSA) is 39.4 Å². The van der Waals surface area contributed by atoms with Crippen molar-refractivity contribution >= 4 is 163 Å². The van der Waals surface area contributed by atoms with Crippen molar-refractivity contribution in [1.29, 1.82) is 0 Å². The number of hydrogen-bond donors (Lipinski definition) is 0. The molecule has 0 spiro atoms. The van der Waals surface area contributed by atoms with Crippen LogP contribution in [0.15, 0.2) is 559 Å². The lowest BCUT2D eigenvalue weighted by molar-refractivity contribution is 0.669. The minimum atomic E-state index is 0.911. The van der Waals surface area contributed by atoms with E-state index < -0.39 is 0 Å². The van der Waals surface area contributed by atoms with E-state index in [-0.39, 0.29) is 0 Å². The lowest BCUT2D eigenvalue weighted by atomic mass is 9.83. The molecule has 0 fully saturated rings. The Kier molecular flexibility index (Phi) is 21.0. The molecule has 0 amide bonds. The highest BCUT2D eigenvalue weighted by atomic mass is 16.3. The first-order valence-corrected chi connectivity index (χ1v) is 50.6. The van der Waals surface area contributed by atoms with Crippen LogP contribution in [0.3, 0.4) is 0 Å². The summed E-state index contributed by atoms with van der Waals surface area (Å²) in [4.78, 5) is 0. The number of furan rings is 3. The summed E-state index contributed by atoms with van der Waals surface area (Å²) in [6.45, 7) is 0. The Hall–Kier alpha value is -19.3. The second-order valence-corrected chi connectivity index (χ2v) is 38.4. The first-order chi connectivity index (χ1) is 73.0. The molecule has 0 saturated heterocycles. The fourth-order valence-corrected chi connectivity index (χ4v) is 23.6. The zero-order valence-electron chi connectivity index (χ0n) is 80.2. The van der Waals surface area contributed by atoms with Gasteiger partial charge in [0.15, 0.2) is 0 Å². The van der Waals surface area contributed by atoms with Gasteiger partial charge in [-0.2, -0.15) is 0 Å². The normalized spacial score (nSPS) is 11.7. The maximum Gasteiger partial charge on any atom is 0.143 e. The molecular weight excluding hydrogens is 1780 g/mol. The lowest BCUT2D eigenvalue weighted by Gasteiger charge is -2.20. The van der Waals surface area contributed by atoms with Crippen LogP contribution in [0.1, 0.15) is 0 Å². The van der Waals surface area contributed by atoms with E-state index in [4.69, 9.17) is 13.3 Å². The van der Waals surface area contributed by atoms with Crippen LogP contribution in [0.5, 0.6) is 0 Å². The quantitative estimate of drug-likeness (QED) is 0.114. The lowest BCUT2D eigenvalue weighted by Crippen LogP contribution is -1.93. The van der Waals surface area contributed by atoms with Crippen LogP contribution in [0.4, 0.5) is 0 Å². The molecule has 27 aromatic carbocycles. The second kappa shape index (κ2) is 36.0. The highest BCUT2D eigenvalue weighted by molar-refractivity contribution is 6.27. The molecule has 0 unspecified atom stereocenters. The summed E-state index contributed by atoms with van der Waals surface area (Å²) in [6, 6.07) is 197. The van der Waals surface area contributed by atoms with Crippen molar-refractivity contribution in [2.45, 2.75) is 0 Å². The first-order valence-electron chi connectivity index (χ1n) is 50.6. The molecular formula is C144H90O3. The van der Waals surface area contributed by atoms with E-state index in [2.05, 4.69) is 516 Å². The van der Waals surface area contributed by atoms with Crippen molar-refractivity contribution < 1.29 is 13.3 Å². The predicted octanol–water partition coefficient (Wildman–Crippen LogP) is 41.1. The van der Waals surface area contributed by atoms with Gasteiger partial charge in [0.1, 0.15) is 33.5 Å². The van der Waals surface area contributed by atoms with Gasteiger partial charge >= 0.3 is 0 Å². The summed E-state index contributed by atoms with van der Waals surface area (Å²) in [5, 5.41) is 29.4. The number of benzene rings is 27. The number of rotatable bonds is 12. The molecule has 3 aromatic heterocycles. The van der Waals surface area contributed by atoms with Gasteiger partial charge in [-0.3, -0.25) is 0 Å². The Morgan fingerprint density at radius 2 is 0.286 bits per heavy atom. The molecule has 0 N–H and O–H groups in total. The SMILES string of the molecule is c1cc(-c2c3ccccc3c(-c3ccc(-c4cccc5ccccc45)cc3)c3ccccc23)cc(-c2cccc3c2oc2ccccc23)c1.c1cc(-c2cccc3ccccc23)cc(-c2c3ccccc3c(-c3ccc(-c4cccc5c4oc4ccccc45)cc3)c3ccccc23)c1.c1ccc(-c2cccc3c2oc2ccccc23)c(-c2c3ccccc3c(-c3ccc(-c4cccc5ccccc45)cc3)c3ccccc23)c1. The Bertz CT molecular complexity index is 10300. The molecule has 0 radical (unpaired) electrons. The van der Waals surface area contributed by atoms with Gasteiger partial charge < -0.3 is 13.3 Å². The van der Waals surface area contributed by atoms with Crippen molar-refractivity contribution in [3.05, 3.63) is 546 Å². The Labute approximate surface area is 849 Å². The molecule has 0 atom stereocenters. The molecule has 30 aromatic rings. The zero-order valence-corrected chi connectivity index (χ0v) is 80.2. The third-order valence-corrected chi connectivity index (χ3v) is 30.2. The predicted molar refractivity (Wildman–Crippen MR) is 624 cm³/mol. The van der Waals surface area contributed by atoms with E-state index in [9.17, 15) is 0 Å². The summed E-state index contributed by atoms with van der Waals surface area (Å²) < 4.78 is 19.4. The van der Waals surface area contributed by atoms with Crippen molar-refractivity contribution in [2.75, 3.05) is 0 Å². The molecule has 684 valence electrons. The standard InChI is InChI=1S/3C48H30O/c1-2-16-36-31(12-1)13-10-22-37(36)34-14-9-15-35(30-34)47-42-20-5-3-18-40(42)46(41-19-4-6-21-43(41)47)33-28-26-32(27-29-33)38-23-11-24-44-39-17-7-8-25-45(39)49-48(38)44;1-2-16-36-31(12-1)13-10-22-37(36)32-26-28-33(29-27-32)46-40-18-3-5-20-42(40)47(43-21-6-4-19-41(43)46)35-15-9-14-34(30-35)38-23-11-24-44-39-17-7-8-25-45(39)49-48(38)44;1-2-15-34-31(13-1)14-11-23-35(34)32-27-29-33(30-28-32)46-39-19-5-7-21-41(39)47(42-22-8-6-20-40(42)46)38-18-4-3-16-36(38)43-24-12-25-44-37-17-9-10-26-45(37)49-48(43)44/h3*1-30H. The maximum atomic E-state index is 6.55. The molecule has 0 aliphatic carbocycles. The summed E-state index contributed by atoms with van der Waals surface area (Å²) in [6.07, 6.45) is 0. The third kappa shape index (κ3) is 14.7. The van der Waals surface area contributed by atoms with Gasteiger partial charge in [-0.25, -0.2) is 0 Å². The number of hydrogen-bond acceptors (Lipinski definition) is 3. The summed E-state index contributed by atoms with van der Waals surface area (Å²) >= 11 is 0. The van der Waals surface area contributed by atoms with E-state index in [1.54, 1.807) is 0 Å². The Morgan fingerprint density at radius 1 is 0.0952 bits per heavy atom. The van der Waals surface area contributed by atoms with E-state index in [1.807, 2.05) is 30.3 Å². The van der Waals surface area contributed by atoms with Gasteiger partial charge in [-0.15, -0.1) is 0 Å². The van der Waals surface area contributed by atoms with Crippen molar-refractivity contribution in [3.8, 4) is 134 Å². The largest absolute Gasteiger partial charge is 0.455 e. The molecule has 0 saturated carbocycles. The number of para-hydroxylation sites is 6. The Morgan fingerprint density at radius 3 is 0.626 bits per heavy atom. The fourth-order valence-electron chi connectivity index (χ4n) is 23.6. The van der Waals surface area contributed by atoms with Gasteiger partial charge in [0, 0.05) is 49.0 Å². The molecule has 3 heterocycles. The first kappa shape index (κ1) is 85.6. The highest BCUT2D eigenvalue weighted by Gasteiger charge is 2.26. The summed E-state index contributed by atoms with van der Waals surface area (Å²) in [5.41, 5.74) is 34.5. The zero-order chi connectivity index (χ0) is 96.9. The summed E-state index contributed by atoms with van der Waals surface area (Å²) in [5.74, 6) is 0. The minimum absolute atomic E-state index is 0.911. The van der Waals surface area contributed by atoms with Gasteiger partial charge in [0.25, 0.3) is 0 Å². The monoisotopic (exact) mass is 1870 g/mol. The average molecular weight is 1870 g/mol. The molecule has 3 nitrogen and oxygen atoms in total.